The molecule has 0 amide bonds. The summed E-state index contributed by atoms with van der Waals surface area (Å²) in [5.41, 5.74) is -3.30. The smallest absolute Gasteiger partial charge is 0.453 e. The molecule has 0 heterocycles. The fourth-order valence-electron chi connectivity index (χ4n) is 7.12. The summed E-state index contributed by atoms with van der Waals surface area (Å²) in [5.74, 6) is -7.89. The van der Waals surface area contributed by atoms with E-state index in [1.165, 1.54) is 0 Å². The molecule has 252 valence electrons. The molecule has 6 nitrogen and oxygen atoms in total. The number of hydrogen-bond acceptors (Lipinski definition) is 6. The van der Waals surface area contributed by atoms with E-state index in [0.717, 1.165) is 6.92 Å². The Bertz CT molecular complexity index is 954. The maximum atomic E-state index is 13.3. The van der Waals surface area contributed by atoms with Crippen LogP contribution >= 0.6 is 0 Å². The highest BCUT2D eigenvalue weighted by Gasteiger charge is 2.67. The molecule has 0 aromatic carbocycles. The third-order valence-corrected chi connectivity index (χ3v) is 9.01. The van der Waals surface area contributed by atoms with Crippen LogP contribution in [0.15, 0.2) is 0 Å². The molecule has 4 fully saturated rings. The number of carbonyl (C=O) groups excluding carboxylic acids is 1. The molecule has 4 aliphatic carbocycles. The van der Waals surface area contributed by atoms with Crippen molar-refractivity contribution in [2.45, 2.75) is 160 Å². The van der Waals surface area contributed by atoms with E-state index < -0.39 is 65.7 Å². The van der Waals surface area contributed by atoms with Crippen LogP contribution in [0, 0.1) is 11.3 Å². The largest absolute Gasteiger partial charge is 0.458 e. The van der Waals surface area contributed by atoms with Crippen LogP contribution in [0.3, 0.4) is 0 Å². The Morgan fingerprint density at radius 1 is 0.767 bits per heavy atom. The second kappa shape index (κ2) is 12.9. The fraction of sp³-hybridized carbons (Fsp3) is 0.967. The molecular weight excluding hydrogens is 589 g/mol. The first-order valence-electron chi connectivity index (χ1n) is 15.2. The number of hydrogen-bond donors (Lipinski definition) is 0. The van der Waals surface area contributed by atoms with Crippen LogP contribution < -0.4 is 0 Å². The number of halogens is 7. The van der Waals surface area contributed by atoms with E-state index in [1.54, 1.807) is 13.8 Å². The van der Waals surface area contributed by atoms with Gasteiger partial charge in [-0.05, 0) is 79.1 Å². The molecule has 0 spiro atoms. The predicted octanol–water partition coefficient (Wildman–Crippen LogP) is 8.35. The van der Waals surface area contributed by atoms with Crippen molar-refractivity contribution in [1.82, 2.24) is 0 Å². The van der Waals surface area contributed by atoms with Gasteiger partial charge in [0.25, 0.3) is 0 Å². The monoisotopic (exact) mass is 636 g/mol. The molecule has 13 heteroatoms. The summed E-state index contributed by atoms with van der Waals surface area (Å²) in [6.45, 7) is 9.33. The summed E-state index contributed by atoms with van der Waals surface area (Å²) in [6, 6.07) is 0. The minimum absolute atomic E-state index is 0.0532. The normalized spacial score (nSPS) is 30.9. The number of carbonyl (C=O) groups is 1. The highest BCUT2D eigenvalue weighted by molar-refractivity contribution is 5.76. The van der Waals surface area contributed by atoms with Crippen molar-refractivity contribution >= 4 is 5.97 Å². The lowest BCUT2D eigenvalue weighted by molar-refractivity contribution is -0.335. The molecule has 0 aliphatic heterocycles. The molecule has 0 aromatic heterocycles. The number of alkyl halides is 7. The summed E-state index contributed by atoms with van der Waals surface area (Å²) < 4.78 is 121. The van der Waals surface area contributed by atoms with E-state index >= 15 is 0 Å². The van der Waals surface area contributed by atoms with E-state index in [9.17, 15) is 35.5 Å². The van der Waals surface area contributed by atoms with Gasteiger partial charge in [-0.2, -0.15) is 22.0 Å². The average Bonchev–Trinajstić information content (AvgIpc) is 2.81. The van der Waals surface area contributed by atoms with Crippen molar-refractivity contribution in [3.8, 4) is 0 Å². The first-order chi connectivity index (χ1) is 19.5. The van der Waals surface area contributed by atoms with Crippen molar-refractivity contribution in [2.75, 3.05) is 13.2 Å². The zero-order valence-electron chi connectivity index (χ0n) is 26.0. The highest BCUT2D eigenvalue weighted by Crippen LogP contribution is 2.63. The SMILES string of the molecule is CCC(C)(C)C(=O)OC12CC3CC(OC(C)OCCCC(C)(F)F)(C1)CC(OC(C)OCCCC(F)(F)C(F)(F)F)(C3)C2. The van der Waals surface area contributed by atoms with Gasteiger partial charge in [0.2, 0.25) is 5.92 Å². The maximum Gasteiger partial charge on any atom is 0.453 e. The molecule has 0 radical (unpaired) electrons. The van der Waals surface area contributed by atoms with Gasteiger partial charge >= 0.3 is 18.1 Å². The minimum atomic E-state index is -5.62. The lowest BCUT2D eigenvalue weighted by Crippen LogP contribution is -2.69. The Hall–Kier alpha value is -1.18. The molecule has 6 unspecified atom stereocenters. The Balaban J connectivity index is 1.72. The van der Waals surface area contributed by atoms with Crippen LogP contribution in [0.5, 0.6) is 0 Å². The third-order valence-electron chi connectivity index (χ3n) is 9.01. The van der Waals surface area contributed by atoms with Gasteiger partial charge in [-0.1, -0.05) is 6.92 Å². The first-order valence-corrected chi connectivity index (χ1v) is 15.2. The average molecular weight is 637 g/mol. The summed E-state index contributed by atoms with van der Waals surface area (Å²) in [4.78, 5) is 13.3. The Kier molecular flexibility index (Phi) is 10.9. The summed E-state index contributed by atoms with van der Waals surface area (Å²) in [6.07, 6.45) is -5.79. The van der Waals surface area contributed by atoms with Crippen LogP contribution in [0.25, 0.3) is 0 Å². The fourth-order valence-corrected chi connectivity index (χ4v) is 7.12. The van der Waals surface area contributed by atoms with Crippen LogP contribution in [-0.2, 0) is 28.5 Å². The van der Waals surface area contributed by atoms with E-state index in [1.807, 2.05) is 20.8 Å². The second-order valence-corrected chi connectivity index (χ2v) is 13.8. The third kappa shape index (κ3) is 9.42. The van der Waals surface area contributed by atoms with Crippen LogP contribution in [0.4, 0.5) is 30.7 Å². The zero-order chi connectivity index (χ0) is 32.5. The molecular formula is C30H47F7O6. The highest BCUT2D eigenvalue weighted by atomic mass is 19.4. The summed E-state index contributed by atoms with van der Waals surface area (Å²) in [7, 11) is 0. The number of esters is 1. The van der Waals surface area contributed by atoms with E-state index in [2.05, 4.69) is 0 Å². The lowest BCUT2D eigenvalue weighted by Gasteiger charge is -2.65. The van der Waals surface area contributed by atoms with Gasteiger partial charge in [-0.3, -0.25) is 4.79 Å². The quantitative estimate of drug-likeness (QED) is 0.0692. The Morgan fingerprint density at radius 3 is 1.65 bits per heavy atom. The molecule has 0 saturated heterocycles. The Labute approximate surface area is 249 Å². The number of ether oxygens (including phenoxy) is 5. The van der Waals surface area contributed by atoms with Crippen molar-refractivity contribution < 1.29 is 59.2 Å². The molecule has 6 atom stereocenters. The molecule has 43 heavy (non-hydrogen) atoms. The zero-order valence-corrected chi connectivity index (χ0v) is 26.0. The number of rotatable bonds is 17. The van der Waals surface area contributed by atoms with Gasteiger partial charge < -0.3 is 23.7 Å². The second-order valence-electron chi connectivity index (χ2n) is 13.8. The summed E-state index contributed by atoms with van der Waals surface area (Å²) in [5, 5.41) is 0. The minimum Gasteiger partial charge on any atom is -0.458 e. The Morgan fingerprint density at radius 2 is 1.21 bits per heavy atom. The lowest BCUT2D eigenvalue weighted by atomic mass is 9.50. The van der Waals surface area contributed by atoms with E-state index in [0.29, 0.717) is 44.9 Å². The maximum absolute atomic E-state index is 13.3. The van der Waals surface area contributed by atoms with Gasteiger partial charge in [0.15, 0.2) is 12.6 Å². The molecule has 4 aliphatic rings. The van der Waals surface area contributed by atoms with Crippen molar-refractivity contribution in [3.05, 3.63) is 0 Å². The van der Waals surface area contributed by atoms with Crippen LogP contribution in [0.2, 0.25) is 0 Å². The van der Waals surface area contributed by atoms with E-state index in [4.69, 9.17) is 23.7 Å². The summed E-state index contributed by atoms with van der Waals surface area (Å²) >= 11 is 0. The van der Waals surface area contributed by atoms with Gasteiger partial charge in [0.1, 0.15) is 5.60 Å². The standard InChI is InChI=1S/C30H47F7O6/c1-7-24(4,5)23(38)43-28-16-22-14-26(18-28,41-20(2)39-12-8-10-25(6,31)32)17-27(15-22,19-28)42-21(3)40-13-9-11-29(33,34)30(35,36)37/h20-22H,7-19H2,1-6H3. The molecule has 4 saturated carbocycles. The van der Waals surface area contributed by atoms with Crippen LogP contribution in [0.1, 0.15) is 112 Å². The van der Waals surface area contributed by atoms with Crippen molar-refractivity contribution in [2.24, 2.45) is 11.3 Å². The topological polar surface area (TPSA) is 63.2 Å². The molecule has 0 aromatic rings. The van der Waals surface area contributed by atoms with Gasteiger partial charge in [0.05, 0.1) is 16.6 Å². The molecule has 4 bridgehead atoms. The van der Waals surface area contributed by atoms with Crippen molar-refractivity contribution in [1.29, 1.82) is 0 Å². The van der Waals surface area contributed by atoms with Gasteiger partial charge in [0, 0.05) is 45.3 Å². The molecule has 0 N–H and O–H groups in total. The van der Waals surface area contributed by atoms with E-state index in [-0.39, 0.29) is 37.9 Å². The van der Waals surface area contributed by atoms with Crippen LogP contribution in [-0.4, -0.2) is 66.6 Å². The first kappa shape index (κ1) is 36.3. The predicted molar refractivity (Wildman–Crippen MR) is 143 cm³/mol. The van der Waals surface area contributed by atoms with Gasteiger partial charge in [-0.15, -0.1) is 0 Å². The van der Waals surface area contributed by atoms with Gasteiger partial charge in [-0.25, -0.2) is 8.78 Å². The van der Waals surface area contributed by atoms with Crippen molar-refractivity contribution in [3.63, 3.8) is 0 Å². The molecule has 4 rings (SSSR count).